The molecule has 1 fully saturated rings. The molecule has 1 unspecified atom stereocenters. The van der Waals surface area contributed by atoms with Crippen LogP contribution in [0.4, 0.5) is 0 Å². The SMILES string of the molecule is CN1CCN(C(CN)c2ccc3c(c2)CCCC3)CC1. The van der Waals surface area contributed by atoms with Crippen molar-refractivity contribution in [3.8, 4) is 0 Å². The van der Waals surface area contributed by atoms with Crippen LogP contribution in [0.1, 0.15) is 35.6 Å². The van der Waals surface area contributed by atoms with E-state index in [-0.39, 0.29) is 0 Å². The van der Waals surface area contributed by atoms with Gasteiger partial charge >= 0.3 is 0 Å². The number of hydrogen-bond donors (Lipinski definition) is 1. The number of nitrogens with two attached hydrogens (primary N) is 1. The van der Waals surface area contributed by atoms with Crippen molar-refractivity contribution in [1.82, 2.24) is 9.80 Å². The zero-order valence-corrected chi connectivity index (χ0v) is 12.6. The molecule has 2 aliphatic rings. The zero-order chi connectivity index (χ0) is 13.9. The maximum absolute atomic E-state index is 6.09. The number of fused-ring (bicyclic) bond motifs is 1. The van der Waals surface area contributed by atoms with E-state index >= 15 is 0 Å². The number of likely N-dealkylation sites (N-methyl/N-ethyl adjacent to an activating group) is 1. The lowest BCUT2D eigenvalue weighted by molar-refractivity contribution is 0.114. The molecule has 1 aliphatic carbocycles. The summed E-state index contributed by atoms with van der Waals surface area (Å²) in [6.45, 7) is 5.30. The largest absolute Gasteiger partial charge is 0.329 e. The Balaban J connectivity index is 1.78. The molecular weight excluding hydrogens is 246 g/mol. The molecule has 3 nitrogen and oxygen atoms in total. The van der Waals surface area contributed by atoms with Crippen molar-refractivity contribution >= 4 is 0 Å². The molecule has 1 heterocycles. The molecule has 1 saturated heterocycles. The third kappa shape index (κ3) is 2.90. The second kappa shape index (κ2) is 6.25. The maximum atomic E-state index is 6.09. The zero-order valence-electron chi connectivity index (χ0n) is 12.6. The molecule has 0 spiro atoms. The fraction of sp³-hybridized carbons (Fsp3) is 0.647. The van der Waals surface area contributed by atoms with E-state index < -0.39 is 0 Å². The molecule has 1 aromatic rings. The highest BCUT2D eigenvalue weighted by Crippen LogP contribution is 2.27. The number of piperazine rings is 1. The van der Waals surface area contributed by atoms with Gasteiger partial charge < -0.3 is 10.6 Å². The van der Waals surface area contributed by atoms with Gasteiger partial charge in [0.1, 0.15) is 0 Å². The van der Waals surface area contributed by atoms with Crippen molar-refractivity contribution in [1.29, 1.82) is 0 Å². The van der Waals surface area contributed by atoms with Crippen LogP contribution in [0.5, 0.6) is 0 Å². The predicted molar refractivity (Wildman–Crippen MR) is 83.9 cm³/mol. The van der Waals surface area contributed by atoms with Crippen LogP contribution in [-0.2, 0) is 12.8 Å². The molecule has 0 radical (unpaired) electrons. The molecular formula is C17H27N3. The molecule has 0 bridgehead atoms. The number of rotatable bonds is 3. The summed E-state index contributed by atoms with van der Waals surface area (Å²) in [4.78, 5) is 4.96. The van der Waals surface area contributed by atoms with Crippen LogP contribution >= 0.6 is 0 Å². The molecule has 3 heteroatoms. The second-order valence-corrected chi connectivity index (χ2v) is 6.33. The van der Waals surface area contributed by atoms with E-state index in [4.69, 9.17) is 5.73 Å². The van der Waals surface area contributed by atoms with E-state index in [2.05, 4.69) is 35.0 Å². The maximum Gasteiger partial charge on any atom is 0.0471 e. The van der Waals surface area contributed by atoms with Crippen LogP contribution in [0.3, 0.4) is 0 Å². The Morgan fingerprint density at radius 2 is 1.75 bits per heavy atom. The Morgan fingerprint density at radius 1 is 1.05 bits per heavy atom. The molecule has 1 aromatic carbocycles. The van der Waals surface area contributed by atoms with Gasteiger partial charge in [-0.15, -0.1) is 0 Å². The Labute approximate surface area is 122 Å². The molecule has 1 aliphatic heterocycles. The Morgan fingerprint density at radius 3 is 2.45 bits per heavy atom. The highest BCUT2D eigenvalue weighted by atomic mass is 15.3. The van der Waals surface area contributed by atoms with Crippen molar-refractivity contribution in [3.05, 3.63) is 34.9 Å². The van der Waals surface area contributed by atoms with Gasteiger partial charge in [0, 0.05) is 38.8 Å². The van der Waals surface area contributed by atoms with Gasteiger partial charge in [0.15, 0.2) is 0 Å². The van der Waals surface area contributed by atoms with Gasteiger partial charge in [-0.25, -0.2) is 0 Å². The standard InChI is InChI=1S/C17H27N3/c1-19-8-10-20(11-9-19)17(13-18)16-7-6-14-4-2-3-5-15(14)12-16/h6-7,12,17H,2-5,8-11,13,18H2,1H3. The first-order valence-corrected chi connectivity index (χ1v) is 8.02. The van der Waals surface area contributed by atoms with Crippen molar-refractivity contribution in [2.75, 3.05) is 39.8 Å². The topological polar surface area (TPSA) is 32.5 Å². The lowest BCUT2D eigenvalue weighted by Gasteiger charge is -2.38. The van der Waals surface area contributed by atoms with Crippen molar-refractivity contribution in [2.24, 2.45) is 5.73 Å². The van der Waals surface area contributed by atoms with E-state index in [1.807, 2.05) is 0 Å². The summed E-state index contributed by atoms with van der Waals surface area (Å²) in [5, 5.41) is 0. The van der Waals surface area contributed by atoms with Gasteiger partial charge in [0.2, 0.25) is 0 Å². The smallest absolute Gasteiger partial charge is 0.0471 e. The Bertz CT molecular complexity index is 450. The lowest BCUT2D eigenvalue weighted by Crippen LogP contribution is -2.47. The third-order valence-electron chi connectivity index (χ3n) is 4.96. The first-order valence-electron chi connectivity index (χ1n) is 8.02. The van der Waals surface area contributed by atoms with Gasteiger partial charge in [-0.1, -0.05) is 18.2 Å². The first-order chi connectivity index (χ1) is 9.78. The van der Waals surface area contributed by atoms with E-state index in [1.54, 1.807) is 11.1 Å². The normalized spacial score (nSPS) is 22.5. The molecule has 0 saturated carbocycles. The molecule has 3 rings (SSSR count). The van der Waals surface area contributed by atoms with Gasteiger partial charge in [-0.05, 0) is 49.4 Å². The Kier molecular flexibility index (Phi) is 4.39. The van der Waals surface area contributed by atoms with Crippen molar-refractivity contribution in [2.45, 2.75) is 31.7 Å². The van der Waals surface area contributed by atoms with Gasteiger partial charge in [0.05, 0.1) is 0 Å². The van der Waals surface area contributed by atoms with Crippen LogP contribution < -0.4 is 5.73 Å². The van der Waals surface area contributed by atoms with E-state index in [1.165, 1.54) is 31.2 Å². The van der Waals surface area contributed by atoms with Crippen LogP contribution in [0.15, 0.2) is 18.2 Å². The monoisotopic (exact) mass is 273 g/mol. The third-order valence-corrected chi connectivity index (χ3v) is 4.96. The summed E-state index contributed by atoms with van der Waals surface area (Å²) < 4.78 is 0. The second-order valence-electron chi connectivity index (χ2n) is 6.33. The molecule has 0 aromatic heterocycles. The predicted octanol–water partition coefficient (Wildman–Crippen LogP) is 1.81. The van der Waals surface area contributed by atoms with Crippen LogP contribution in [-0.4, -0.2) is 49.6 Å². The minimum Gasteiger partial charge on any atom is -0.329 e. The molecule has 2 N–H and O–H groups in total. The fourth-order valence-electron chi connectivity index (χ4n) is 3.59. The van der Waals surface area contributed by atoms with E-state index in [9.17, 15) is 0 Å². The summed E-state index contributed by atoms with van der Waals surface area (Å²) >= 11 is 0. The Hall–Kier alpha value is -0.900. The minimum atomic E-state index is 0.399. The van der Waals surface area contributed by atoms with Crippen molar-refractivity contribution in [3.63, 3.8) is 0 Å². The average Bonchev–Trinajstić information content (AvgIpc) is 2.50. The minimum absolute atomic E-state index is 0.399. The van der Waals surface area contributed by atoms with Gasteiger partial charge in [0.25, 0.3) is 0 Å². The van der Waals surface area contributed by atoms with Gasteiger partial charge in [-0.3, -0.25) is 4.90 Å². The molecule has 20 heavy (non-hydrogen) atoms. The number of aryl methyl sites for hydroxylation is 2. The van der Waals surface area contributed by atoms with E-state index in [0.29, 0.717) is 6.04 Å². The van der Waals surface area contributed by atoms with Crippen LogP contribution in [0, 0.1) is 0 Å². The molecule has 110 valence electrons. The highest BCUT2D eigenvalue weighted by Gasteiger charge is 2.23. The summed E-state index contributed by atoms with van der Waals surface area (Å²) in [6, 6.07) is 7.50. The summed E-state index contributed by atoms with van der Waals surface area (Å²) in [5.41, 5.74) is 10.7. The summed E-state index contributed by atoms with van der Waals surface area (Å²) in [7, 11) is 2.20. The number of hydrogen-bond acceptors (Lipinski definition) is 3. The van der Waals surface area contributed by atoms with E-state index in [0.717, 1.165) is 32.7 Å². The van der Waals surface area contributed by atoms with Crippen LogP contribution in [0.2, 0.25) is 0 Å². The summed E-state index contributed by atoms with van der Waals surface area (Å²) in [6.07, 6.45) is 5.21. The summed E-state index contributed by atoms with van der Waals surface area (Å²) in [5.74, 6) is 0. The molecule has 0 amide bonds. The lowest BCUT2D eigenvalue weighted by atomic mass is 9.89. The fourth-order valence-corrected chi connectivity index (χ4v) is 3.59. The highest BCUT2D eigenvalue weighted by molar-refractivity contribution is 5.35. The number of nitrogens with zero attached hydrogens (tertiary/aromatic N) is 2. The average molecular weight is 273 g/mol. The van der Waals surface area contributed by atoms with Crippen molar-refractivity contribution < 1.29 is 0 Å². The van der Waals surface area contributed by atoms with Gasteiger partial charge in [-0.2, -0.15) is 0 Å². The first kappa shape index (κ1) is 14.1. The quantitative estimate of drug-likeness (QED) is 0.912. The number of benzene rings is 1. The van der Waals surface area contributed by atoms with Crippen LogP contribution in [0.25, 0.3) is 0 Å². The molecule has 1 atom stereocenters.